The predicted octanol–water partition coefficient (Wildman–Crippen LogP) is 3.94. The molecule has 2 aromatic heterocycles. The van der Waals surface area contributed by atoms with E-state index in [2.05, 4.69) is 21.9 Å². The number of benzene rings is 1. The number of aryl methyl sites for hydroxylation is 2. The van der Waals surface area contributed by atoms with E-state index in [1.165, 1.54) is 6.07 Å². The lowest BCUT2D eigenvalue weighted by molar-refractivity contribution is 0.280. The van der Waals surface area contributed by atoms with Gasteiger partial charge in [0, 0.05) is 55.6 Å². The zero-order chi connectivity index (χ0) is 24.4. The number of nitrogens with two attached hydrogens (primary N) is 1. The smallest absolute Gasteiger partial charge is 0.259 e. The first kappa shape index (κ1) is 23.8. The van der Waals surface area contributed by atoms with E-state index in [-0.39, 0.29) is 16.6 Å². The van der Waals surface area contributed by atoms with Crippen LogP contribution in [0.25, 0.3) is 10.9 Å². The maximum atomic E-state index is 15.4. The molecule has 0 radical (unpaired) electrons. The van der Waals surface area contributed by atoms with E-state index in [1.807, 2.05) is 11.8 Å². The number of piperazine rings is 1. The zero-order valence-corrected chi connectivity index (χ0v) is 19.1. The Kier molecular flexibility index (Phi) is 6.90. The minimum Gasteiger partial charge on any atom is -0.433 e. The molecule has 1 saturated heterocycles. The third kappa shape index (κ3) is 4.26. The van der Waals surface area contributed by atoms with Gasteiger partial charge >= 0.3 is 0 Å². The highest BCUT2D eigenvalue weighted by Gasteiger charge is 2.27. The quantitative estimate of drug-likeness (QED) is 0.507. The Labute approximate surface area is 195 Å². The summed E-state index contributed by atoms with van der Waals surface area (Å²) < 4.78 is 52.5. The van der Waals surface area contributed by atoms with E-state index in [0.717, 1.165) is 25.5 Å². The van der Waals surface area contributed by atoms with E-state index < -0.39 is 35.1 Å². The largest absolute Gasteiger partial charge is 0.433 e. The molecule has 1 aliphatic heterocycles. The van der Waals surface area contributed by atoms with Gasteiger partial charge in [0.05, 0.1) is 11.6 Å². The second-order valence-corrected chi connectivity index (χ2v) is 7.98. The van der Waals surface area contributed by atoms with Gasteiger partial charge in [0.2, 0.25) is 5.82 Å². The predicted molar refractivity (Wildman–Crippen MR) is 124 cm³/mol. The van der Waals surface area contributed by atoms with E-state index in [4.69, 9.17) is 10.5 Å². The SMILES string of the molecule is C=C/C=C(\C(N)c1ncnc(Oc2cc(F)c3c(cc(C)n3CC)c2F)c1F)N1CCNCC1. The summed E-state index contributed by atoms with van der Waals surface area (Å²) in [6.07, 6.45) is 4.37. The first-order chi connectivity index (χ1) is 16.4. The van der Waals surface area contributed by atoms with Gasteiger partial charge in [-0.3, -0.25) is 0 Å². The fourth-order valence-electron chi connectivity index (χ4n) is 4.31. The summed E-state index contributed by atoms with van der Waals surface area (Å²) in [5.41, 5.74) is 7.73. The molecule has 0 amide bonds. The van der Waals surface area contributed by atoms with Crippen molar-refractivity contribution in [1.82, 2.24) is 24.8 Å². The van der Waals surface area contributed by atoms with Crippen LogP contribution in [0.4, 0.5) is 13.2 Å². The van der Waals surface area contributed by atoms with Crippen LogP contribution in [-0.2, 0) is 6.54 Å². The summed E-state index contributed by atoms with van der Waals surface area (Å²) in [6.45, 7) is 10.7. The van der Waals surface area contributed by atoms with Gasteiger partial charge in [0.1, 0.15) is 12.0 Å². The van der Waals surface area contributed by atoms with Crippen molar-refractivity contribution in [2.24, 2.45) is 5.73 Å². The van der Waals surface area contributed by atoms with Gasteiger partial charge < -0.3 is 25.3 Å². The molecule has 0 aliphatic carbocycles. The maximum absolute atomic E-state index is 15.4. The van der Waals surface area contributed by atoms with Gasteiger partial charge in [-0.25, -0.2) is 13.8 Å². The molecule has 0 bridgehead atoms. The van der Waals surface area contributed by atoms with Crippen molar-refractivity contribution in [3.05, 3.63) is 71.7 Å². The first-order valence-corrected chi connectivity index (χ1v) is 11.1. The molecule has 4 rings (SSSR count). The number of ether oxygens (including phenoxy) is 1. The first-order valence-electron chi connectivity index (χ1n) is 11.1. The molecule has 0 spiro atoms. The van der Waals surface area contributed by atoms with E-state index in [1.54, 1.807) is 23.6 Å². The van der Waals surface area contributed by atoms with Crippen LogP contribution in [0.3, 0.4) is 0 Å². The standard InChI is InChI=1S/C24H27F3N6O/c1-4-6-17(32-9-7-29-8-10-32)21(28)22-20(27)24(31-13-30-22)34-18-12-16(25)23-15(19(18)26)11-14(3)33(23)5-2/h4,6,11-13,21,29H,1,5,7-10,28H2,2-3H3/b17-6+. The second kappa shape index (κ2) is 9.86. The molecule has 0 saturated carbocycles. The van der Waals surface area contributed by atoms with Gasteiger partial charge in [-0.2, -0.15) is 9.37 Å². The van der Waals surface area contributed by atoms with Crippen molar-refractivity contribution in [1.29, 1.82) is 0 Å². The second-order valence-electron chi connectivity index (χ2n) is 7.98. The molecule has 10 heteroatoms. The van der Waals surface area contributed by atoms with Crippen LogP contribution in [0.1, 0.15) is 24.4 Å². The van der Waals surface area contributed by atoms with Crippen molar-refractivity contribution < 1.29 is 17.9 Å². The minimum absolute atomic E-state index is 0.0515. The van der Waals surface area contributed by atoms with Crippen molar-refractivity contribution in [2.45, 2.75) is 26.4 Å². The Hall–Kier alpha value is -3.37. The Bertz CT molecular complexity index is 1250. The Morgan fingerprint density at radius 1 is 1.24 bits per heavy atom. The van der Waals surface area contributed by atoms with E-state index >= 15 is 8.78 Å². The molecule has 1 aromatic carbocycles. The molecule has 3 heterocycles. The average Bonchev–Trinajstić information content (AvgIpc) is 3.19. The lowest BCUT2D eigenvalue weighted by Gasteiger charge is -2.34. The van der Waals surface area contributed by atoms with Crippen molar-refractivity contribution in [2.75, 3.05) is 26.2 Å². The molecule has 1 aliphatic rings. The third-order valence-corrected chi connectivity index (χ3v) is 5.93. The van der Waals surface area contributed by atoms with Crippen LogP contribution in [0, 0.1) is 24.4 Å². The Morgan fingerprint density at radius 2 is 1.97 bits per heavy atom. The average molecular weight is 473 g/mol. The number of hydrogen-bond acceptors (Lipinski definition) is 6. The molecule has 3 N–H and O–H groups in total. The van der Waals surface area contributed by atoms with Gasteiger partial charge in [-0.15, -0.1) is 0 Å². The number of aromatic nitrogens is 3. The Morgan fingerprint density at radius 3 is 2.65 bits per heavy atom. The summed E-state index contributed by atoms with van der Waals surface area (Å²) in [6, 6.07) is 1.49. The number of halogens is 3. The number of allylic oxidation sites excluding steroid dienone is 2. The van der Waals surface area contributed by atoms with E-state index in [0.29, 0.717) is 31.0 Å². The van der Waals surface area contributed by atoms with Crippen LogP contribution in [0.5, 0.6) is 11.6 Å². The molecular formula is C24H27F3N6O. The minimum atomic E-state index is -0.942. The lowest BCUT2D eigenvalue weighted by atomic mass is 10.1. The van der Waals surface area contributed by atoms with Crippen molar-refractivity contribution >= 4 is 10.9 Å². The van der Waals surface area contributed by atoms with E-state index in [9.17, 15) is 4.39 Å². The number of nitrogens with zero attached hydrogens (tertiary/aromatic N) is 4. The molecule has 1 fully saturated rings. The summed E-state index contributed by atoms with van der Waals surface area (Å²) >= 11 is 0. The van der Waals surface area contributed by atoms with Crippen LogP contribution < -0.4 is 15.8 Å². The van der Waals surface area contributed by atoms with Crippen LogP contribution in [0.15, 0.2) is 42.9 Å². The number of fused-ring (bicyclic) bond motifs is 1. The maximum Gasteiger partial charge on any atom is 0.259 e. The zero-order valence-electron chi connectivity index (χ0n) is 19.1. The monoisotopic (exact) mass is 472 g/mol. The molecule has 34 heavy (non-hydrogen) atoms. The van der Waals surface area contributed by atoms with Gasteiger partial charge in [-0.1, -0.05) is 12.7 Å². The van der Waals surface area contributed by atoms with Crippen LogP contribution in [0.2, 0.25) is 0 Å². The van der Waals surface area contributed by atoms with Crippen LogP contribution >= 0.6 is 0 Å². The topological polar surface area (TPSA) is 81.2 Å². The fraction of sp³-hybridized carbons (Fsp3) is 0.333. The van der Waals surface area contributed by atoms with Crippen LogP contribution in [-0.4, -0.2) is 45.6 Å². The van der Waals surface area contributed by atoms with Gasteiger partial charge in [0.15, 0.2) is 17.4 Å². The number of nitrogens with one attached hydrogen (secondary N) is 1. The summed E-state index contributed by atoms with van der Waals surface area (Å²) in [5, 5.41) is 3.30. The Balaban J connectivity index is 1.70. The highest BCUT2D eigenvalue weighted by atomic mass is 19.1. The molecule has 1 unspecified atom stereocenters. The highest BCUT2D eigenvalue weighted by Crippen LogP contribution is 2.35. The summed E-state index contributed by atoms with van der Waals surface area (Å²) in [5.74, 6) is -3.43. The van der Waals surface area contributed by atoms with Gasteiger partial charge in [-0.05, 0) is 26.0 Å². The van der Waals surface area contributed by atoms with Crippen molar-refractivity contribution in [3.8, 4) is 11.6 Å². The molecular weight excluding hydrogens is 445 g/mol. The third-order valence-electron chi connectivity index (χ3n) is 5.93. The van der Waals surface area contributed by atoms with Gasteiger partial charge in [0.25, 0.3) is 5.88 Å². The number of hydrogen-bond donors (Lipinski definition) is 2. The molecule has 3 aromatic rings. The molecule has 180 valence electrons. The lowest BCUT2D eigenvalue weighted by Crippen LogP contribution is -2.45. The summed E-state index contributed by atoms with van der Waals surface area (Å²) in [4.78, 5) is 9.84. The number of rotatable bonds is 7. The highest BCUT2D eigenvalue weighted by molar-refractivity contribution is 5.84. The normalized spacial score (nSPS) is 15.6. The summed E-state index contributed by atoms with van der Waals surface area (Å²) in [7, 11) is 0. The molecule has 7 nitrogen and oxygen atoms in total. The molecule has 1 atom stereocenters. The fourth-order valence-corrected chi connectivity index (χ4v) is 4.31. The van der Waals surface area contributed by atoms with Crippen molar-refractivity contribution in [3.63, 3.8) is 0 Å².